The first-order chi connectivity index (χ1) is 10.3. The van der Waals surface area contributed by atoms with Crippen molar-refractivity contribution in [2.45, 2.75) is 0 Å². The van der Waals surface area contributed by atoms with E-state index in [1.165, 1.54) is 0 Å². The summed E-state index contributed by atoms with van der Waals surface area (Å²) in [5.74, 6) is 1.51. The highest BCUT2D eigenvalue weighted by Crippen LogP contribution is 2.23. The lowest BCUT2D eigenvalue weighted by Crippen LogP contribution is -1.99. The molecule has 0 radical (unpaired) electrons. The quantitative estimate of drug-likeness (QED) is 0.714. The molecule has 102 valence electrons. The minimum Gasteiger partial charge on any atom is -0.457 e. The molecule has 0 aliphatic carbocycles. The number of nitrogens with zero attached hydrogens (tertiary/aromatic N) is 3. The van der Waals surface area contributed by atoms with Gasteiger partial charge in [-0.1, -0.05) is 18.2 Å². The van der Waals surface area contributed by atoms with Crippen LogP contribution in [0.5, 0.6) is 11.5 Å². The third-order valence-electron chi connectivity index (χ3n) is 2.85. The molecule has 0 N–H and O–H groups in total. The molecule has 0 saturated carbocycles. The van der Waals surface area contributed by atoms with Gasteiger partial charge in [0.2, 0.25) is 0 Å². The number of halogens is 1. The Labute approximate surface area is 130 Å². The lowest BCUT2D eigenvalue weighted by atomic mass is 10.3. The second kappa shape index (κ2) is 5.81. The molecule has 0 aliphatic rings. The Bertz CT molecular complexity index is 789. The summed E-state index contributed by atoms with van der Waals surface area (Å²) in [5.41, 5.74) is 1.27. The average Bonchev–Trinajstić information content (AvgIpc) is 2.90. The number of ether oxygens (including phenoxy) is 1. The number of hydrogen-bond donors (Lipinski definition) is 0. The van der Waals surface area contributed by atoms with E-state index in [2.05, 4.69) is 27.1 Å². The van der Waals surface area contributed by atoms with Crippen molar-refractivity contribution in [1.29, 1.82) is 5.26 Å². The zero-order valence-corrected chi connectivity index (χ0v) is 12.5. The normalized spacial score (nSPS) is 10.1. The predicted molar refractivity (Wildman–Crippen MR) is 82.5 cm³/mol. The smallest absolute Gasteiger partial charge is 0.145 e. The Hall–Kier alpha value is -2.58. The lowest BCUT2D eigenvalue weighted by molar-refractivity contribution is 0.482. The fourth-order valence-corrected chi connectivity index (χ4v) is 2.28. The molecule has 1 aromatic heterocycles. The molecule has 3 rings (SSSR count). The minimum atomic E-state index is 0.471. The molecule has 0 bridgehead atoms. The number of benzene rings is 2. The van der Waals surface area contributed by atoms with Crippen LogP contribution in [0.3, 0.4) is 0 Å². The molecule has 0 fully saturated rings. The molecule has 0 spiro atoms. The summed E-state index contributed by atoms with van der Waals surface area (Å²) in [7, 11) is 0. The van der Waals surface area contributed by atoms with Crippen molar-refractivity contribution >= 4 is 15.9 Å². The van der Waals surface area contributed by atoms with Crippen LogP contribution in [0.1, 0.15) is 5.69 Å². The molecule has 4 nitrogen and oxygen atoms in total. The first-order valence-corrected chi connectivity index (χ1v) is 7.04. The second-order valence-electron chi connectivity index (χ2n) is 4.28. The van der Waals surface area contributed by atoms with Crippen LogP contribution < -0.4 is 4.74 Å². The second-order valence-corrected chi connectivity index (χ2v) is 5.10. The predicted octanol–water partition coefficient (Wildman–Crippen LogP) is 4.30. The van der Waals surface area contributed by atoms with Crippen molar-refractivity contribution in [3.8, 4) is 23.3 Å². The topological polar surface area (TPSA) is 50.8 Å². The van der Waals surface area contributed by atoms with Gasteiger partial charge in [0.25, 0.3) is 0 Å². The Balaban J connectivity index is 1.86. The van der Waals surface area contributed by atoms with Crippen molar-refractivity contribution in [3.63, 3.8) is 0 Å². The van der Waals surface area contributed by atoms with Crippen LogP contribution in [0.15, 0.2) is 65.3 Å². The molecule has 0 amide bonds. The summed E-state index contributed by atoms with van der Waals surface area (Å²) in [5, 5.41) is 13.3. The van der Waals surface area contributed by atoms with E-state index >= 15 is 0 Å². The van der Waals surface area contributed by atoms with E-state index in [1.807, 2.05) is 54.6 Å². The van der Waals surface area contributed by atoms with Crippen molar-refractivity contribution in [2.75, 3.05) is 0 Å². The van der Waals surface area contributed by atoms with Crippen molar-refractivity contribution in [1.82, 2.24) is 9.78 Å². The first kappa shape index (κ1) is 13.4. The molecule has 2 aromatic carbocycles. The lowest BCUT2D eigenvalue weighted by Gasteiger charge is -2.07. The summed E-state index contributed by atoms with van der Waals surface area (Å²) in [4.78, 5) is 0. The highest BCUT2D eigenvalue weighted by atomic mass is 79.9. The van der Waals surface area contributed by atoms with Crippen LogP contribution >= 0.6 is 15.9 Å². The van der Waals surface area contributed by atoms with Gasteiger partial charge in [0.15, 0.2) is 0 Å². The third-order valence-corrected chi connectivity index (χ3v) is 3.24. The van der Waals surface area contributed by atoms with Gasteiger partial charge in [-0.05, 0) is 52.3 Å². The highest BCUT2D eigenvalue weighted by Gasteiger charge is 2.07. The third kappa shape index (κ3) is 2.96. The fourth-order valence-electron chi connectivity index (χ4n) is 1.91. The van der Waals surface area contributed by atoms with Gasteiger partial charge >= 0.3 is 0 Å². The van der Waals surface area contributed by atoms with Crippen LogP contribution in [-0.2, 0) is 0 Å². The average molecular weight is 340 g/mol. The molecule has 0 saturated heterocycles. The number of rotatable bonds is 3. The van der Waals surface area contributed by atoms with Crippen LogP contribution in [-0.4, -0.2) is 9.78 Å². The number of nitriles is 1. The summed E-state index contributed by atoms with van der Waals surface area (Å²) < 4.78 is 7.94. The Morgan fingerprint density at radius 1 is 1.00 bits per heavy atom. The van der Waals surface area contributed by atoms with Gasteiger partial charge < -0.3 is 4.74 Å². The monoisotopic (exact) mass is 339 g/mol. The summed E-state index contributed by atoms with van der Waals surface area (Å²) in [6, 6.07) is 20.8. The molecule has 3 aromatic rings. The van der Waals surface area contributed by atoms with E-state index in [0.717, 1.165) is 17.2 Å². The van der Waals surface area contributed by atoms with Gasteiger partial charge in [-0.25, -0.2) is 4.68 Å². The van der Waals surface area contributed by atoms with Gasteiger partial charge in [0.05, 0.1) is 5.69 Å². The molecule has 5 heteroatoms. The van der Waals surface area contributed by atoms with E-state index in [4.69, 9.17) is 10.00 Å². The first-order valence-electron chi connectivity index (χ1n) is 6.25. The Kier molecular flexibility index (Phi) is 3.71. The van der Waals surface area contributed by atoms with Gasteiger partial charge in [-0.2, -0.15) is 10.4 Å². The Morgan fingerprint density at radius 2 is 1.67 bits per heavy atom. The van der Waals surface area contributed by atoms with Crippen LogP contribution in [0.25, 0.3) is 5.69 Å². The van der Waals surface area contributed by atoms with Crippen LogP contribution in [0.2, 0.25) is 0 Å². The van der Waals surface area contributed by atoms with Crippen molar-refractivity contribution in [2.24, 2.45) is 0 Å². The van der Waals surface area contributed by atoms with E-state index in [-0.39, 0.29) is 0 Å². The molecule has 0 unspecified atom stereocenters. The summed E-state index contributed by atoms with van der Waals surface area (Å²) in [6.07, 6.45) is 0. The van der Waals surface area contributed by atoms with Crippen LogP contribution in [0.4, 0.5) is 0 Å². The van der Waals surface area contributed by atoms with Gasteiger partial charge in [-0.3, -0.25) is 0 Å². The number of hydrogen-bond acceptors (Lipinski definition) is 3. The summed E-state index contributed by atoms with van der Waals surface area (Å²) in [6.45, 7) is 0. The largest absolute Gasteiger partial charge is 0.457 e. The number of aromatic nitrogens is 2. The Morgan fingerprint density at radius 3 is 2.33 bits per heavy atom. The SMILES string of the molecule is N#Cc1cc(Br)nn1-c1ccc(Oc2ccccc2)cc1. The minimum absolute atomic E-state index is 0.471. The molecule has 0 atom stereocenters. The van der Waals surface area contributed by atoms with Gasteiger partial charge in [-0.15, -0.1) is 0 Å². The molecule has 21 heavy (non-hydrogen) atoms. The van der Waals surface area contributed by atoms with E-state index in [9.17, 15) is 0 Å². The molecule has 1 heterocycles. The highest BCUT2D eigenvalue weighted by molar-refractivity contribution is 9.10. The van der Waals surface area contributed by atoms with Crippen molar-refractivity contribution in [3.05, 3.63) is 71.0 Å². The maximum absolute atomic E-state index is 9.09. The van der Waals surface area contributed by atoms with E-state index in [1.54, 1.807) is 10.7 Å². The molecular formula is C16H10BrN3O. The zero-order valence-electron chi connectivity index (χ0n) is 10.9. The van der Waals surface area contributed by atoms with E-state index in [0.29, 0.717) is 10.3 Å². The van der Waals surface area contributed by atoms with Crippen LogP contribution in [0, 0.1) is 11.3 Å². The van der Waals surface area contributed by atoms with Gasteiger partial charge in [0, 0.05) is 6.07 Å². The van der Waals surface area contributed by atoms with E-state index < -0.39 is 0 Å². The fraction of sp³-hybridized carbons (Fsp3) is 0. The van der Waals surface area contributed by atoms with Crippen molar-refractivity contribution < 1.29 is 4.74 Å². The molecule has 0 aliphatic heterocycles. The maximum Gasteiger partial charge on any atom is 0.145 e. The maximum atomic E-state index is 9.09. The standard InChI is InChI=1S/C16H10BrN3O/c17-16-10-13(11-18)20(19-16)12-6-8-15(9-7-12)21-14-4-2-1-3-5-14/h1-10H. The number of para-hydroxylation sites is 1. The van der Waals surface area contributed by atoms with Gasteiger partial charge in [0.1, 0.15) is 27.9 Å². The molecular weight excluding hydrogens is 330 g/mol. The zero-order chi connectivity index (χ0) is 14.7. The summed E-state index contributed by atoms with van der Waals surface area (Å²) >= 11 is 3.27.